The predicted molar refractivity (Wildman–Crippen MR) is 323 cm³/mol. The van der Waals surface area contributed by atoms with Crippen LogP contribution in [0.1, 0.15) is 34.6 Å². The topological polar surface area (TPSA) is 710 Å². The van der Waals surface area contributed by atoms with Crippen LogP contribution in [0, 0.1) is 0 Å². The van der Waals surface area contributed by atoms with Crippen molar-refractivity contribution in [2.24, 2.45) is 0 Å². The molecule has 9 aliphatic heterocycles. The van der Waals surface area contributed by atoms with Crippen LogP contribution in [0.5, 0.6) is 0 Å². The molecule has 46 heteroatoms. The molecule has 608 valence electrons. The van der Waals surface area contributed by atoms with Gasteiger partial charge in [0.2, 0.25) is 17.7 Å². The lowest BCUT2D eigenvalue weighted by atomic mass is 9.93. The Morgan fingerprint density at radius 2 is 0.686 bits per heavy atom. The molecule has 26 N–H and O–H groups in total. The summed E-state index contributed by atoms with van der Waals surface area (Å²) in [4.78, 5) is 39.0. The Kier molecular flexibility index (Phi) is 30.2. The SMILES string of the molecule is CC(=O)N[C@@H]1[C@@H](O[C@@H]2O[C@@H](C)[C@@H](O)[C@@H](O)[C@@H]2O)[C@H](O[C@@H]2O[C@H](CO)[C@@H](O[C@@H]3O[C@H](CO[C@H]4O[C@H](CO)[C@@H](O)[C@H](O)[C@@H]4O)[C@@H](O)[C@H](O[C@H]4O[C@H](CO)[C@@H](O)[C@H](O)[C@@H]4O[C@@H]4O[C@H](CO)[C@@H](O)[C@H](O)[C@H]4NC(C)=O)[C@@H]3O[C@@H]3OC[C@@H](O)[C@H](O)[C@H]3O)[C@H](O)[C@H]2NC(C)=O)[C@@H](CO[C@@H]2O[C@@H](C)[C@@H](O)[C@@H](O)[C@@H]2O)O[C@H]1O. The molecule has 0 aromatic carbocycles. The number of nitrogens with one attached hydrogen (secondary N) is 3. The van der Waals surface area contributed by atoms with E-state index in [0.717, 1.165) is 20.8 Å². The Labute approximate surface area is 595 Å². The molecule has 9 fully saturated rings. The second kappa shape index (κ2) is 37.0. The van der Waals surface area contributed by atoms with Crippen molar-refractivity contribution in [3.8, 4) is 0 Å². The summed E-state index contributed by atoms with van der Waals surface area (Å²) in [5.74, 6) is -2.76. The second-order valence-electron chi connectivity index (χ2n) is 27.0. The fourth-order valence-electron chi connectivity index (χ4n) is 13.5. The van der Waals surface area contributed by atoms with Crippen LogP contribution in [0.3, 0.4) is 0 Å². The van der Waals surface area contributed by atoms with E-state index in [0.29, 0.717) is 0 Å². The van der Waals surface area contributed by atoms with Gasteiger partial charge in [-0.3, -0.25) is 14.4 Å². The van der Waals surface area contributed by atoms with Crippen LogP contribution in [-0.4, -0.2) is 451 Å². The molecular weight excluding hydrogens is 1440 g/mol. The number of aliphatic hydroxyl groups is 23. The highest BCUT2D eigenvalue weighted by molar-refractivity contribution is 5.74. The van der Waals surface area contributed by atoms with Crippen LogP contribution >= 0.6 is 0 Å². The van der Waals surface area contributed by atoms with E-state index < -0.39 is 334 Å². The number of carbonyl (C=O) groups excluding carboxylic acids is 3. The average molecular weight is 1540 g/mol. The Morgan fingerprint density at radius 3 is 1.24 bits per heavy atom. The first-order valence-electron chi connectivity index (χ1n) is 33.8. The minimum atomic E-state index is -2.46. The third-order valence-electron chi connectivity index (χ3n) is 19.5. The summed E-state index contributed by atoms with van der Waals surface area (Å²) < 4.78 is 103. The first-order chi connectivity index (χ1) is 49.5. The van der Waals surface area contributed by atoms with Gasteiger partial charge in [0.1, 0.15) is 201 Å². The number of hydrogen-bond donors (Lipinski definition) is 26. The molecule has 0 aliphatic carbocycles. The van der Waals surface area contributed by atoms with Gasteiger partial charge in [0, 0.05) is 20.8 Å². The summed E-state index contributed by atoms with van der Waals surface area (Å²) in [5.41, 5.74) is 0. The highest BCUT2D eigenvalue weighted by Crippen LogP contribution is 2.40. The molecule has 0 spiro atoms. The standard InChI is InChI=1S/C59H99N3O43/c1-13-28(71)37(80)42(85)54(92-13)91-12-24-46(47(27(51(88)94-24)62-17(5)69)102-57-44(87)38(81)29(72)14(2)93-57)101-53-26(61-16(4)68)36(79)45(22(9-66)98-53)100-59-50(105-56-41(84)30(73)18(70)10-89-56)48(34(77)23(99-59)11-90-55-43(86)39(82)32(75)20(7-64)96-55)103-58-49(40(83)33(76)21(8-65)97-58)104-52-25(60-15(3)67)35(78)31(74)19(6-63)95-52/h13-14,18-59,63-66,70-88H,6-12H2,1-5H3,(H,60,67)(H,61,68)(H,62,69)/t13-,14-,18+,19+,20+,21+,22+,23+,24+,25+,26+,27+,28+,29+,30-,31+,32+,33+,34+,35+,36+,37+,38+,39-,40-,41+,42-,43-,44-,45+,46+,47+,48-,49-,50-,51+,52-,53-,54+,55-,56-,57-,58+,59-/m0/s1. The molecule has 0 radical (unpaired) electrons. The fraction of sp³-hybridized carbons (Fsp3) is 0.949. The van der Waals surface area contributed by atoms with E-state index in [1.165, 1.54) is 13.8 Å². The van der Waals surface area contributed by atoms with Gasteiger partial charge in [0.15, 0.2) is 56.6 Å². The molecule has 0 unspecified atom stereocenters. The van der Waals surface area contributed by atoms with Gasteiger partial charge in [-0.2, -0.15) is 0 Å². The third-order valence-corrected chi connectivity index (χ3v) is 19.5. The summed E-state index contributed by atoms with van der Waals surface area (Å²) in [6, 6.07) is -5.71. The molecule has 0 saturated carbocycles. The van der Waals surface area contributed by atoms with Crippen molar-refractivity contribution in [3.05, 3.63) is 0 Å². The van der Waals surface area contributed by atoms with Gasteiger partial charge in [-0.05, 0) is 13.8 Å². The molecule has 9 saturated heterocycles. The summed E-state index contributed by atoms with van der Waals surface area (Å²) in [6.45, 7) is -1.79. The molecule has 105 heavy (non-hydrogen) atoms. The number of aliphatic hydroxyl groups excluding tert-OH is 23. The first-order valence-corrected chi connectivity index (χ1v) is 33.8. The number of ether oxygens (including phenoxy) is 17. The van der Waals surface area contributed by atoms with Crippen molar-refractivity contribution in [1.29, 1.82) is 0 Å². The zero-order chi connectivity index (χ0) is 77.2. The zero-order valence-corrected chi connectivity index (χ0v) is 56.8. The van der Waals surface area contributed by atoms with Crippen LogP contribution in [0.25, 0.3) is 0 Å². The van der Waals surface area contributed by atoms with Gasteiger partial charge in [0.25, 0.3) is 0 Å². The van der Waals surface area contributed by atoms with Crippen molar-refractivity contribution >= 4 is 17.7 Å². The van der Waals surface area contributed by atoms with E-state index in [1.807, 2.05) is 0 Å². The van der Waals surface area contributed by atoms with Crippen LogP contribution < -0.4 is 16.0 Å². The van der Waals surface area contributed by atoms with Gasteiger partial charge in [-0.15, -0.1) is 0 Å². The van der Waals surface area contributed by atoms with Crippen molar-refractivity contribution < 1.29 is 212 Å². The summed E-state index contributed by atoms with van der Waals surface area (Å²) in [7, 11) is 0. The molecule has 46 nitrogen and oxygen atoms in total. The average Bonchev–Trinajstić information content (AvgIpc) is 0.764. The number of rotatable bonds is 25. The van der Waals surface area contributed by atoms with Gasteiger partial charge in [-0.1, -0.05) is 0 Å². The maximum atomic E-state index is 13.5. The monoisotopic (exact) mass is 1540 g/mol. The van der Waals surface area contributed by atoms with Gasteiger partial charge in [-0.25, -0.2) is 0 Å². The lowest BCUT2D eigenvalue weighted by Crippen LogP contribution is -2.72. The van der Waals surface area contributed by atoms with Crippen molar-refractivity contribution in [1.82, 2.24) is 16.0 Å². The van der Waals surface area contributed by atoms with E-state index in [-0.39, 0.29) is 0 Å². The molecule has 44 atom stereocenters. The van der Waals surface area contributed by atoms with Gasteiger partial charge >= 0.3 is 0 Å². The van der Waals surface area contributed by atoms with Crippen molar-refractivity contribution in [3.63, 3.8) is 0 Å². The molecule has 0 aromatic heterocycles. The highest BCUT2D eigenvalue weighted by Gasteiger charge is 2.61. The predicted octanol–water partition coefficient (Wildman–Crippen LogP) is -17.5. The maximum absolute atomic E-state index is 13.5. The van der Waals surface area contributed by atoms with Crippen molar-refractivity contribution in [2.75, 3.05) is 46.2 Å². The smallest absolute Gasteiger partial charge is 0.217 e. The molecular formula is C59H99N3O43. The first kappa shape index (κ1) is 85.8. The van der Waals surface area contributed by atoms with E-state index in [9.17, 15) is 132 Å². The van der Waals surface area contributed by atoms with Crippen LogP contribution in [0.4, 0.5) is 0 Å². The molecule has 9 aliphatic rings. The van der Waals surface area contributed by atoms with E-state index in [4.69, 9.17) is 80.5 Å². The lowest BCUT2D eigenvalue weighted by molar-refractivity contribution is -0.411. The normalized spacial score (nSPS) is 50.7. The van der Waals surface area contributed by atoms with E-state index in [2.05, 4.69) is 16.0 Å². The van der Waals surface area contributed by atoms with Crippen LogP contribution in [-0.2, 0) is 94.9 Å². The van der Waals surface area contributed by atoms with Gasteiger partial charge < -0.3 is 214 Å². The molecule has 9 heterocycles. The fourth-order valence-corrected chi connectivity index (χ4v) is 13.5. The maximum Gasteiger partial charge on any atom is 0.217 e. The quantitative estimate of drug-likeness (QED) is 0.0404. The highest BCUT2D eigenvalue weighted by atomic mass is 16.8. The second-order valence-corrected chi connectivity index (χ2v) is 27.0. The van der Waals surface area contributed by atoms with Crippen LogP contribution in [0.2, 0.25) is 0 Å². The van der Waals surface area contributed by atoms with Crippen molar-refractivity contribution in [2.45, 2.75) is 305 Å². The molecule has 3 amide bonds. The molecule has 9 rings (SSSR count). The van der Waals surface area contributed by atoms with E-state index in [1.54, 1.807) is 0 Å². The lowest BCUT2D eigenvalue weighted by Gasteiger charge is -2.52. The van der Waals surface area contributed by atoms with E-state index >= 15 is 0 Å². The van der Waals surface area contributed by atoms with Gasteiger partial charge in [0.05, 0.1) is 58.5 Å². The number of hydrogen-bond acceptors (Lipinski definition) is 43. The Hall–Kier alpha value is -3.19. The summed E-state index contributed by atoms with van der Waals surface area (Å²) in [6.07, 6.45) is -83.2. The largest absolute Gasteiger partial charge is 0.394 e. The van der Waals surface area contributed by atoms with Crippen LogP contribution in [0.15, 0.2) is 0 Å². The number of amides is 3. The third kappa shape index (κ3) is 19.0. The summed E-state index contributed by atoms with van der Waals surface area (Å²) >= 11 is 0. The Bertz CT molecular complexity index is 2750. The Balaban J connectivity index is 1.12. The molecule has 0 bridgehead atoms. The minimum absolute atomic E-state index is 0.819. The summed E-state index contributed by atoms with van der Waals surface area (Å²) in [5, 5.41) is 262. The number of carbonyl (C=O) groups is 3. The molecule has 0 aromatic rings. The Morgan fingerprint density at radius 1 is 0.305 bits per heavy atom. The zero-order valence-electron chi connectivity index (χ0n) is 56.8. The minimum Gasteiger partial charge on any atom is -0.394 e.